The third-order valence-electron chi connectivity index (χ3n) is 5.10. The normalized spacial score (nSPS) is 13.9. The minimum absolute atomic E-state index is 0.0526. The van der Waals surface area contributed by atoms with Crippen LogP contribution < -0.4 is 0 Å². The highest BCUT2D eigenvalue weighted by Gasteiger charge is 2.31. The quantitative estimate of drug-likeness (QED) is 0.581. The van der Waals surface area contributed by atoms with Gasteiger partial charge in [-0.1, -0.05) is 41.5 Å². The first-order valence-electron chi connectivity index (χ1n) is 8.53. The second-order valence-corrected chi connectivity index (χ2v) is 6.28. The van der Waals surface area contributed by atoms with Gasteiger partial charge in [0.1, 0.15) is 5.82 Å². The molecule has 124 valence electrons. The van der Waals surface area contributed by atoms with Gasteiger partial charge in [-0.3, -0.25) is 4.98 Å². The molecular weight excluding hydrogens is 287 g/mol. The van der Waals surface area contributed by atoms with Gasteiger partial charge in [0.2, 0.25) is 0 Å². The molecule has 0 aliphatic heterocycles. The van der Waals surface area contributed by atoms with E-state index in [1.54, 1.807) is 12.3 Å². The molecule has 3 heterocycles. The van der Waals surface area contributed by atoms with Crippen molar-refractivity contribution in [2.24, 2.45) is 5.92 Å². The average molecular weight is 314 g/mol. The van der Waals surface area contributed by atoms with Gasteiger partial charge in [-0.05, 0) is 41.5 Å². The van der Waals surface area contributed by atoms with Crippen LogP contribution in [0.2, 0.25) is 0 Å². The van der Waals surface area contributed by atoms with Crippen LogP contribution in [0.15, 0.2) is 36.8 Å². The number of hydrogen-bond acceptors (Lipinski definition) is 1. The van der Waals surface area contributed by atoms with Crippen molar-refractivity contribution < 1.29 is 4.39 Å². The summed E-state index contributed by atoms with van der Waals surface area (Å²) in [6.07, 6.45) is 6.55. The predicted molar refractivity (Wildman–Crippen MR) is 96.5 cm³/mol. The number of aromatic nitrogens is 2. The predicted octanol–water partition coefficient (Wildman–Crippen LogP) is 5.98. The first-order valence-corrected chi connectivity index (χ1v) is 8.53. The van der Waals surface area contributed by atoms with E-state index in [0.29, 0.717) is 11.3 Å². The Bertz CT molecular complexity index is 804. The molecule has 0 saturated carbocycles. The highest BCUT2D eigenvalue weighted by atomic mass is 19.1. The maximum Gasteiger partial charge on any atom is 0.134 e. The summed E-state index contributed by atoms with van der Waals surface area (Å²) in [5.74, 6) is 0.287. The fourth-order valence-corrected chi connectivity index (χ4v) is 3.14. The van der Waals surface area contributed by atoms with E-state index in [2.05, 4.69) is 43.1 Å². The lowest BCUT2D eigenvalue weighted by molar-refractivity contribution is 0.329. The Labute approximate surface area is 138 Å². The Morgan fingerprint density at radius 1 is 1.17 bits per heavy atom. The molecule has 1 atom stereocenters. The van der Waals surface area contributed by atoms with Crippen molar-refractivity contribution in [3.05, 3.63) is 48.2 Å². The van der Waals surface area contributed by atoms with Crippen molar-refractivity contribution in [3.8, 4) is 0 Å². The molecule has 0 radical (unpaired) electrons. The van der Waals surface area contributed by atoms with Gasteiger partial charge in [0, 0.05) is 24.0 Å². The van der Waals surface area contributed by atoms with E-state index in [9.17, 15) is 4.39 Å². The molecule has 3 aromatic heterocycles. The molecule has 3 rings (SSSR count). The molecule has 3 heteroatoms. The van der Waals surface area contributed by atoms with E-state index in [0.717, 1.165) is 17.5 Å². The highest BCUT2D eigenvalue weighted by Crippen LogP contribution is 2.39. The number of rotatable bonds is 3. The van der Waals surface area contributed by atoms with Crippen LogP contribution in [0.3, 0.4) is 0 Å². The number of fused-ring (bicyclic) bond motifs is 3. The van der Waals surface area contributed by atoms with Crippen molar-refractivity contribution in [2.75, 3.05) is 0 Å². The molecular formula is C20H27FN2. The molecule has 1 unspecified atom stereocenters. The van der Waals surface area contributed by atoms with Crippen LogP contribution >= 0.6 is 0 Å². The van der Waals surface area contributed by atoms with Gasteiger partial charge < -0.3 is 4.40 Å². The van der Waals surface area contributed by atoms with Crippen LogP contribution in [0.4, 0.5) is 4.39 Å². The summed E-state index contributed by atoms with van der Waals surface area (Å²) in [6, 6.07) is 5.38. The van der Waals surface area contributed by atoms with Crippen LogP contribution in [0.1, 0.15) is 53.5 Å². The first-order chi connectivity index (χ1) is 11.0. The van der Waals surface area contributed by atoms with E-state index in [1.165, 1.54) is 11.6 Å². The molecule has 0 fully saturated rings. The zero-order chi connectivity index (χ0) is 17.2. The monoisotopic (exact) mass is 314 g/mol. The van der Waals surface area contributed by atoms with Crippen LogP contribution in [-0.2, 0) is 5.41 Å². The molecule has 0 amide bonds. The number of pyridine rings is 2. The largest absolute Gasteiger partial charge is 0.322 e. The molecule has 2 nitrogen and oxygen atoms in total. The van der Waals surface area contributed by atoms with Crippen molar-refractivity contribution in [1.82, 2.24) is 9.38 Å². The minimum atomic E-state index is -0.211. The van der Waals surface area contributed by atoms with Gasteiger partial charge >= 0.3 is 0 Å². The zero-order valence-corrected chi connectivity index (χ0v) is 15.0. The van der Waals surface area contributed by atoms with Gasteiger partial charge in [-0.2, -0.15) is 0 Å². The van der Waals surface area contributed by atoms with E-state index < -0.39 is 0 Å². The lowest BCUT2D eigenvalue weighted by Crippen LogP contribution is -2.27. The Balaban J connectivity index is 0.000000924. The maximum absolute atomic E-state index is 14.0. The lowest BCUT2D eigenvalue weighted by atomic mass is 9.71. The average Bonchev–Trinajstić information content (AvgIpc) is 3.01. The van der Waals surface area contributed by atoms with Crippen LogP contribution in [0.25, 0.3) is 16.4 Å². The van der Waals surface area contributed by atoms with Crippen molar-refractivity contribution in [1.29, 1.82) is 0 Å². The summed E-state index contributed by atoms with van der Waals surface area (Å²) in [6.45, 7) is 13.0. The molecule has 0 aromatic carbocycles. The summed E-state index contributed by atoms with van der Waals surface area (Å²) in [7, 11) is 0. The molecule has 0 saturated heterocycles. The molecule has 0 spiro atoms. The fourth-order valence-electron chi connectivity index (χ4n) is 3.14. The highest BCUT2D eigenvalue weighted by molar-refractivity contribution is 5.95. The SMILES string of the molecule is CC.CCC(C)(c1ccn2ccc3c(F)ccnc3c12)C(C)C. The molecule has 0 aliphatic carbocycles. The molecule has 23 heavy (non-hydrogen) atoms. The summed E-state index contributed by atoms with van der Waals surface area (Å²) in [4.78, 5) is 4.45. The number of hydrogen-bond donors (Lipinski definition) is 0. The zero-order valence-electron chi connectivity index (χ0n) is 15.0. The molecule has 0 aliphatic rings. The van der Waals surface area contributed by atoms with Crippen LogP contribution in [0, 0.1) is 11.7 Å². The minimum Gasteiger partial charge on any atom is -0.322 e. The molecule has 3 aromatic rings. The van der Waals surface area contributed by atoms with Crippen molar-refractivity contribution >= 4 is 16.4 Å². The fraction of sp³-hybridized carbons (Fsp3) is 0.450. The topological polar surface area (TPSA) is 17.3 Å². The maximum atomic E-state index is 14.0. The van der Waals surface area contributed by atoms with Gasteiger partial charge in [0.25, 0.3) is 0 Å². The molecule has 0 N–H and O–H groups in total. The second kappa shape index (κ2) is 6.69. The Morgan fingerprint density at radius 2 is 1.83 bits per heavy atom. The third kappa shape index (κ3) is 2.73. The van der Waals surface area contributed by atoms with Gasteiger partial charge in [-0.25, -0.2) is 4.39 Å². The van der Waals surface area contributed by atoms with Crippen LogP contribution in [0.5, 0.6) is 0 Å². The van der Waals surface area contributed by atoms with Crippen LogP contribution in [-0.4, -0.2) is 9.38 Å². The van der Waals surface area contributed by atoms with Gasteiger partial charge in [-0.15, -0.1) is 0 Å². The van der Waals surface area contributed by atoms with Crippen molar-refractivity contribution in [2.45, 2.75) is 53.4 Å². The van der Waals surface area contributed by atoms with E-state index in [4.69, 9.17) is 0 Å². The lowest BCUT2D eigenvalue weighted by Gasteiger charge is -2.33. The number of nitrogens with zero attached hydrogens (tertiary/aromatic N) is 2. The number of halogens is 1. The van der Waals surface area contributed by atoms with Gasteiger partial charge in [0.15, 0.2) is 0 Å². The summed E-state index contributed by atoms with van der Waals surface area (Å²) < 4.78 is 16.1. The first kappa shape index (κ1) is 17.5. The summed E-state index contributed by atoms with van der Waals surface area (Å²) >= 11 is 0. The summed E-state index contributed by atoms with van der Waals surface area (Å²) in [5, 5.41) is 0.590. The Kier molecular flexibility index (Phi) is 5.08. The molecule has 0 bridgehead atoms. The Hall–Kier alpha value is -1.90. The van der Waals surface area contributed by atoms with Crippen molar-refractivity contribution in [3.63, 3.8) is 0 Å². The van der Waals surface area contributed by atoms with Gasteiger partial charge in [0.05, 0.1) is 11.0 Å². The van der Waals surface area contributed by atoms with E-state index >= 15 is 0 Å². The van der Waals surface area contributed by atoms with E-state index in [1.807, 2.05) is 26.2 Å². The third-order valence-corrected chi connectivity index (χ3v) is 5.10. The smallest absolute Gasteiger partial charge is 0.134 e. The summed E-state index contributed by atoms with van der Waals surface area (Å²) in [5.41, 5.74) is 3.09. The van der Waals surface area contributed by atoms with E-state index in [-0.39, 0.29) is 11.2 Å². The standard InChI is InChI=1S/C18H21FN2.C2H6/c1-5-18(4,12(2)3)14-8-11-21-10-7-13-15(19)6-9-20-16(13)17(14)21;1-2/h6-12H,5H2,1-4H3;1-2H3. The second-order valence-electron chi connectivity index (χ2n) is 6.28. The Morgan fingerprint density at radius 3 is 2.43 bits per heavy atom.